The van der Waals surface area contributed by atoms with E-state index in [1.54, 1.807) is 18.5 Å². The van der Waals surface area contributed by atoms with Gasteiger partial charge in [0.25, 0.3) is 5.91 Å². The molecule has 1 fully saturated rings. The number of carbonyl (C=O) groups excluding carboxylic acids is 1. The highest BCUT2D eigenvalue weighted by Gasteiger charge is 2.27. The van der Waals surface area contributed by atoms with Gasteiger partial charge in [0.1, 0.15) is 29.3 Å². The highest BCUT2D eigenvalue weighted by atomic mass is 32.1. The van der Waals surface area contributed by atoms with E-state index in [1.165, 1.54) is 11.3 Å². The van der Waals surface area contributed by atoms with E-state index in [4.69, 9.17) is 10.1 Å². The molecular weight excluding hydrogens is 530 g/mol. The lowest BCUT2D eigenvalue weighted by Gasteiger charge is -2.24. The number of fused-ring (bicyclic) bond motifs is 5. The molecule has 0 spiro atoms. The minimum atomic E-state index is -0.458. The first-order chi connectivity index (χ1) is 19.3. The Morgan fingerprint density at radius 1 is 1.10 bits per heavy atom. The standard InChI is InChI=1S/C27H27N7O3S.CH4O/c1-17-14-29-18(15-28-17)16-30-26(36)23-24(35)19-8-9-22(32-10-5-12-34(2,37)13-11-32)31-25(19)33-20-6-3-4-7-21(20)38-27(23)33;1-2/h3-4,6-9,14-15,37H,5,10-13,16H2,1-2H3;2H,1H3/p+1. The number of hydrogen-bond donors (Lipinski definition) is 3. The fourth-order valence-electron chi connectivity index (χ4n) is 4.92. The first-order valence-corrected chi connectivity index (χ1v) is 13.8. The predicted molar refractivity (Wildman–Crippen MR) is 155 cm³/mol. The number of anilines is 1. The van der Waals surface area contributed by atoms with Crippen LogP contribution in [0.25, 0.3) is 26.1 Å². The summed E-state index contributed by atoms with van der Waals surface area (Å²) in [7, 11) is 2.82. The van der Waals surface area contributed by atoms with Crippen LogP contribution in [-0.4, -0.2) is 80.6 Å². The molecule has 1 saturated heterocycles. The normalized spacial score (nSPS) is 17.5. The highest BCUT2D eigenvalue weighted by molar-refractivity contribution is 7.24. The monoisotopic (exact) mass is 562 g/mol. The lowest BCUT2D eigenvalue weighted by atomic mass is 10.1. The van der Waals surface area contributed by atoms with Gasteiger partial charge in [0.2, 0.25) is 5.43 Å². The fraction of sp³-hybridized carbons (Fsp3) is 0.321. The summed E-state index contributed by atoms with van der Waals surface area (Å²) in [6.07, 6.45) is 4.09. The van der Waals surface area contributed by atoms with Gasteiger partial charge < -0.3 is 15.3 Å². The van der Waals surface area contributed by atoms with E-state index in [0.29, 0.717) is 41.2 Å². The average molecular weight is 563 g/mol. The smallest absolute Gasteiger partial charge is 0.258 e. The van der Waals surface area contributed by atoms with Crippen molar-refractivity contribution < 1.29 is 19.8 Å². The first kappa shape index (κ1) is 27.6. The topological polar surface area (TPSA) is 133 Å². The second-order valence-corrected chi connectivity index (χ2v) is 10.9. The molecular formula is C28H32N7O4S+. The molecule has 40 heavy (non-hydrogen) atoms. The van der Waals surface area contributed by atoms with Crippen molar-refractivity contribution in [3.05, 3.63) is 76.0 Å². The SMILES string of the molecule is CO.Cc1cnc(CNC(=O)c2c(=O)c3ccc(N4CCC[N+](C)(O)CC4)nc3n3c2sc2ccccc23)cn1. The molecule has 0 bridgehead atoms. The van der Waals surface area contributed by atoms with E-state index in [2.05, 4.69) is 20.2 Å². The van der Waals surface area contributed by atoms with E-state index in [-0.39, 0.29) is 22.2 Å². The Morgan fingerprint density at radius 3 is 2.67 bits per heavy atom. The number of aromatic nitrogens is 4. The van der Waals surface area contributed by atoms with Crippen LogP contribution in [0.1, 0.15) is 28.2 Å². The van der Waals surface area contributed by atoms with Crippen LogP contribution in [0.4, 0.5) is 5.82 Å². The third-order valence-electron chi connectivity index (χ3n) is 7.01. The van der Waals surface area contributed by atoms with Crippen LogP contribution in [0.15, 0.2) is 53.6 Å². The number of para-hydroxylation sites is 1. The molecule has 0 radical (unpaired) electrons. The van der Waals surface area contributed by atoms with E-state index >= 15 is 0 Å². The molecule has 6 rings (SSSR count). The maximum atomic E-state index is 13.8. The lowest BCUT2D eigenvalue weighted by Crippen LogP contribution is -2.43. The molecule has 1 aliphatic heterocycles. The highest BCUT2D eigenvalue weighted by Crippen LogP contribution is 2.31. The van der Waals surface area contributed by atoms with Gasteiger partial charge in [-0.05, 0) is 31.2 Å². The Bertz CT molecular complexity index is 1750. The zero-order chi connectivity index (χ0) is 28.4. The quantitative estimate of drug-likeness (QED) is 0.285. The number of thiazole rings is 1. The minimum Gasteiger partial charge on any atom is -0.400 e. The maximum absolute atomic E-state index is 13.8. The van der Waals surface area contributed by atoms with Crippen molar-refractivity contribution in [1.29, 1.82) is 0 Å². The van der Waals surface area contributed by atoms with Crippen LogP contribution in [0.3, 0.4) is 0 Å². The third kappa shape index (κ3) is 5.26. The largest absolute Gasteiger partial charge is 0.400 e. The molecule has 208 valence electrons. The number of nitrogens with one attached hydrogen (secondary N) is 1. The zero-order valence-corrected chi connectivity index (χ0v) is 23.5. The summed E-state index contributed by atoms with van der Waals surface area (Å²) in [5, 5.41) is 20.7. The maximum Gasteiger partial charge on any atom is 0.258 e. The number of amides is 1. The summed E-state index contributed by atoms with van der Waals surface area (Å²) in [5.74, 6) is 0.290. The number of likely N-dealkylation sites (N-methyl/N-ethyl adjacent to an activating group) is 1. The number of carbonyl (C=O) groups is 1. The summed E-state index contributed by atoms with van der Waals surface area (Å²) < 4.78 is 2.86. The van der Waals surface area contributed by atoms with Gasteiger partial charge in [-0.25, -0.2) is 10.2 Å². The second kappa shape index (κ2) is 11.3. The van der Waals surface area contributed by atoms with Crippen LogP contribution in [0, 0.1) is 6.92 Å². The fourth-order valence-corrected chi connectivity index (χ4v) is 6.10. The van der Waals surface area contributed by atoms with Crippen molar-refractivity contribution in [3.63, 3.8) is 0 Å². The molecule has 4 aromatic heterocycles. The summed E-state index contributed by atoms with van der Waals surface area (Å²) in [6.45, 7) is 4.68. The average Bonchev–Trinajstić information content (AvgIpc) is 3.24. The molecule has 5 heterocycles. The molecule has 1 aliphatic rings. The van der Waals surface area contributed by atoms with Gasteiger partial charge in [0, 0.05) is 26.3 Å². The molecule has 1 unspecified atom stereocenters. The Labute approximate surface area is 234 Å². The molecule has 1 aromatic carbocycles. The molecule has 1 amide bonds. The number of nitrogens with zero attached hydrogens (tertiary/aromatic N) is 6. The Kier molecular flexibility index (Phi) is 7.76. The molecule has 1 atom stereocenters. The number of hydrogen-bond acceptors (Lipinski definition) is 9. The number of aryl methyl sites for hydroxylation is 1. The van der Waals surface area contributed by atoms with Crippen LogP contribution in [0.2, 0.25) is 0 Å². The Balaban J connectivity index is 0.00000158. The Hall–Kier alpha value is -3.97. The van der Waals surface area contributed by atoms with Crippen molar-refractivity contribution in [2.75, 3.05) is 45.2 Å². The second-order valence-electron chi connectivity index (χ2n) is 9.91. The van der Waals surface area contributed by atoms with Crippen LogP contribution < -0.4 is 15.6 Å². The molecule has 3 N–H and O–H groups in total. The zero-order valence-electron chi connectivity index (χ0n) is 22.7. The van der Waals surface area contributed by atoms with Gasteiger partial charge in [-0.2, -0.15) is 4.65 Å². The lowest BCUT2D eigenvalue weighted by molar-refractivity contribution is -1.09. The predicted octanol–water partition coefficient (Wildman–Crippen LogP) is 2.75. The van der Waals surface area contributed by atoms with Gasteiger partial charge in [0.15, 0.2) is 5.65 Å². The molecule has 5 aromatic rings. The van der Waals surface area contributed by atoms with E-state index in [0.717, 1.165) is 41.8 Å². The number of hydroxylamine groups is 3. The Morgan fingerprint density at radius 2 is 1.90 bits per heavy atom. The number of pyridine rings is 2. The summed E-state index contributed by atoms with van der Waals surface area (Å²) in [4.78, 5) is 43.4. The van der Waals surface area contributed by atoms with Crippen molar-refractivity contribution in [2.24, 2.45) is 0 Å². The summed E-state index contributed by atoms with van der Waals surface area (Å²) in [6, 6.07) is 11.4. The van der Waals surface area contributed by atoms with Crippen molar-refractivity contribution in [2.45, 2.75) is 19.9 Å². The van der Waals surface area contributed by atoms with Gasteiger partial charge in [-0.15, -0.1) is 11.3 Å². The number of aliphatic hydroxyl groups excluding tert-OH is 1. The first-order valence-electron chi connectivity index (χ1n) is 13.0. The van der Waals surface area contributed by atoms with Gasteiger partial charge >= 0.3 is 0 Å². The summed E-state index contributed by atoms with van der Waals surface area (Å²) >= 11 is 1.40. The van der Waals surface area contributed by atoms with Crippen LogP contribution in [-0.2, 0) is 6.54 Å². The van der Waals surface area contributed by atoms with E-state index in [9.17, 15) is 14.8 Å². The van der Waals surface area contributed by atoms with Crippen molar-refractivity contribution in [1.82, 2.24) is 24.7 Å². The number of rotatable bonds is 4. The molecule has 12 heteroatoms. The number of benzene rings is 1. The van der Waals surface area contributed by atoms with Crippen molar-refractivity contribution in [3.8, 4) is 0 Å². The van der Waals surface area contributed by atoms with Gasteiger partial charge in [-0.1, -0.05) is 12.1 Å². The third-order valence-corrected chi connectivity index (χ3v) is 8.15. The number of quaternary nitrogens is 1. The van der Waals surface area contributed by atoms with Gasteiger partial charge in [-0.3, -0.25) is 24.0 Å². The van der Waals surface area contributed by atoms with E-state index < -0.39 is 5.91 Å². The summed E-state index contributed by atoms with van der Waals surface area (Å²) in [5.41, 5.74) is 2.54. The van der Waals surface area contributed by atoms with Crippen LogP contribution >= 0.6 is 11.3 Å². The number of aliphatic hydroxyl groups is 1. The van der Waals surface area contributed by atoms with E-state index in [1.807, 2.05) is 48.7 Å². The van der Waals surface area contributed by atoms with Crippen molar-refractivity contribution >= 4 is 49.1 Å². The van der Waals surface area contributed by atoms with Gasteiger partial charge in [0.05, 0.1) is 53.3 Å². The molecule has 0 saturated carbocycles. The van der Waals surface area contributed by atoms with Crippen LogP contribution in [0.5, 0.6) is 0 Å². The minimum absolute atomic E-state index is 0.0183. The molecule has 11 nitrogen and oxygen atoms in total. The molecule has 0 aliphatic carbocycles.